The first-order valence-corrected chi connectivity index (χ1v) is 6.19. The molecule has 0 radical (unpaired) electrons. The fourth-order valence-corrected chi connectivity index (χ4v) is 1.88. The molecular formula is C14H23FN2O. The number of nitrogens with one attached hydrogen (secondary N) is 1. The van der Waals surface area contributed by atoms with Gasteiger partial charge >= 0.3 is 0 Å². The van der Waals surface area contributed by atoms with E-state index in [0.717, 1.165) is 17.9 Å². The van der Waals surface area contributed by atoms with E-state index in [-0.39, 0.29) is 11.9 Å². The van der Waals surface area contributed by atoms with E-state index in [0.29, 0.717) is 6.04 Å². The van der Waals surface area contributed by atoms with Gasteiger partial charge in [0.1, 0.15) is 11.6 Å². The van der Waals surface area contributed by atoms with Crippen molar-refractivity contribution in [1.29, 1.82) is 0 Å². The smallest absolute Gasteiger partial charge is 0.123 e. The number of hydrogen-bond donors (Lipinski definition) is 1. The molecule has 0 bridgehead atoms. The second-order valence-corrected chi connectivity index (χ2v) is 4.93. The molecule has 0 heterocycles. The van der Waals surface area contributed by atoms with Gasteiger partial charge in [-0.05, 0) is 32.3 Å². The molecule has 1 N–H and O–H groups in total. The van der Waals surface area contributed by atoms with Crippen LogP contribution < -0.4 is 10.1 Å². The van der Waals surface area contributed by atoms with Crippen molar-refractivity contribution in [1.82, 2.24) is 10.2 Å². The highest BCUT2D eigenvalue weighted by Crippen LogP contribution is 2.28. The molecular weight excluding hydrogens is 231 g/mol. The number of rotatable bonds is 6. The molecule has 4 heteroatoms. The van der Waals surface area contributed by atoms with Crippen molar-refractivity contribution in [3.05, 3.63) is 29.6 Å². The average Bonchev–Trinajstić information content (AvgIpc) is 2.28. The summed E-state index contributed by atoms with van der Waals surface area (Å²) in [5.74, 6) is 0.489. The number of halogens is 1. The highest BCUT2D eigenvalue weighted by atomic mass is 19.1. The third-order valence-electron chi connectivity index (χ3n) is 2.89. The minimum atomic E-state index is -0.234. The molecule has 1 unspecified atom stereocenters. The summed E-state index contributed by atoms with van der Waals surface area (Å²) in [5, 5.41) is 3.38. The van der Waals surface area contributed by atoms with E-state index >= 15 is 0 Å². The van der Waals surface area contributed by atoms with Crippen molar-refractivity contribution in [3.63, 3.8) is 0 Å². The number of methoxy groups -OCH3 is 1. The van der Waals surface area contributed by atoms with Gasteiger partial charge in [0, 0.05) is 18.2 Å². The van der Waals surface area contributed by atoms with Crippen LogP contribution in [0.15, 0.2) is 18.2 Å². The first-order valence-electron chi connectivity index (χ1n) is 6.19. The molecule has 0 saturated carbocycles. The molecule has 0 aromatic heterocycles. The van der Waals surface area contributed by atoms with Crippen LogP contribution in [-0.2, 0) is 0 Å². The summed E-state index contributed by atoms with van der Waals surface area (Å²) in [6.07, 6.45) is 0. The predicted octanol–water partition coefficient (Wildman–Crippen LogP) is 2.44. The highest BCUT2D eigenvalue weighted by molar-refractivity contribution is 5.36. The maximum Gasteiger partial charge on any atom is 0.123 e. The molecule has 1 aromatic carbocycles. The molecule has 1 aromatic rings. The Balaban J connectivity index is 3.00. The topological polar surface area (TPSA) is 24.5 Å². The molecule has 0 spiro atoms. The second-order valence-electron chi connectivity index (χ2n) is 4.93. The predicted molar refractivity (Wildman–Crippen MR) is 72.5 cm³/mol. The summed E-state index contributed by atoms with van der Waals surface area (Å²) in [6, 6.07) is 5.12. The largest absolute Gasteiger partial charge is 0.496 e. The lowest BCUT2D eigenvalue weighted by Crippen LogP contribution is -2.34. The molecule has 0 amide bonds. The van der Waals surface area contributed by atoms with Crippen molar-refractivity contribution >= 4 is 0 Å². The van der Waals surface area contributed by atoms with Crippen LogP contribution in [0.1, 0.15) is 25.5 Å². The molecule has 3 nitrogen and oxygen atoms in total. The van der Waals surface area contributed by atoms with E-state index in [2.05, 4.69) is 24.1 Å². The number of hydrogen-bond acceptors (Lipinski definition) is 3. The van der Waals surface area contributed by atoms with Gasteiger partial charge in [0.25, 0.3) is 0 Å². The van der Waals surface area contributed by atoms with Crippen molar-refractivity contribution in [2.75, 3.05) is 27.7 Å². The Hall–Kier alpha value is -1.13. The third kappa shape index (κ3) is 3.96. The van der Waals surface area contributed by atoms with Gasteiger partial charge in [-0.3, -0.25) is 0 Å². The van der Waals surface area contributed by atoms with Gasteiger partial charge < -0.3 is 15.0 Å². The molecule has 0 fully saturated rings. The van der Waals surface area contributed by atoms with Gasteiger partial charge in [0.2, 0.25) is 0 Å². The van der Waals surface area contributed by atoms with E-state index in [9.17, 15) is 4.39 Å². The Kier molecular flexibility index (Phi) is 5.56. The minimum absolute atomic E-state index is 0.0815. The standard InChI is InChI=1S/C14H23FN2O/c1-10(2)16-9-13(17(3)4)12-8-11(15)6-7-14(12)18-5/h6-8,10,13,16H,9H2,1-5H3. The van der Waals surface area contributed by atoms with Crippen LogP contribution in [0.4, 0.5) is 4.39 Å². The van der Waals surface area contributed by atoms with Crippen LogP contribution in [0.2, 0.25) is 0 Å². The Bertz CT molecular complexity index is 380. The van der Waals surface area contributed by atoms with Gasteiger partial charge in [0.05, 0.1) is 13.2 Å². The zero-order valence-corrected chi connectivity index (χ0v) is 11.8. The van der Waals surface area contributed by atoms with E-state index in [4.69, 9.17) is 4.74 Å². The van der Waals surface area contributed by atoms with E-state index in [1.54, 1.807) is 19.2 Å². The lowest BCUT2D eigenvalue weighted by molar-refractivity contribution is 0.273. The van der Waals surface area contributed by atoms with Crippen LogP contribution in [0.5, 0.6) is 5.75 Å². The number of likely N-dealkylation sites (N-methyl/N-ethyl adjacent to an activating group) is 1. The Morgan fingerprint density at radius 2 is 2.00 bits per heavy atom. The summed E-state index contributed by atoms with van der Waals surface area (Å²) >= 11 is 0. The van der Waals surface area contributed by atoms with Gasteiger partial charge in [-0.15, -0.1) is 0 Å². The van der Waals surface area contributed by atoms with E-state index < -0.39 is 0 Å². The van der Waals surface area contributed by atoms with Crippen molar-refractivity contribution < 1.29 is 9.13 Å². The van der Waals surface area contributed by atoms with Crippen LogP contribution in [0, 0.1) is 5.82 Å². The first-order chi connectivity index (χ1) is 8.45. The van der Waals surface area contributed by atoms with Crippen LogP contribution in [-0.4, -0.2) is 38.7 Å². The molecule has 0 aliphatic carbocycles. The second kappa shape index (κ2) is 6.71. The lowest BCUT2D eigenvalue weighted by atomic mass is 10.0. The SMILES string of the molecule is COc1ccc(F)cc1C(CNC(C)C)N(C)C. The maximum absolute atomic E-state index is 13.4. The zero-order chi connectivity index (χ0) is 13.7. The van der Waals surface area contributed by atoms with Crippen LogP contribution >= 0.6 is 0 Å². The van der Waals surface area contributed by atoms with E-state index in [1.807, 2.05) is 14.1 Å². The summed E-state index contributed by atoms with van der Waals surface area (Å²) in [6.45, 7) is 4.94. The lowest BCUT2D eigenvalue weighted by Gasteiger charge is -2.27. The third-order valence-corrected chi connectivity index (χ3v) is 2.89. The first kappa shape index (κ1) is 14.9. The number of nitrogens with zero attached hydrogens (tertiary/aromatic N) is 1. The Labute approximate surface area is 109 Å². The normalized spacial score (nSPS) is 13.1. The van der Waals surface area contributed by atoms with Gasteiger partial charge in [-0.25, -0.2) is 4.39 Å². The fraction of sp³-hybridized carbons (Fsp3) is 0.571. The van der Waals surface area contributed by atoms with Gasteiger partial charge in [0.15, 0.2) is 0 Å². The number of ether oxygens (including phenoxy) is 1. The monoisotopic (exact) mass is 254 g/mol. The molecule has 0 aliphatic heterocycles. The molecule has 18 heavy (non-hydrogen) atoms. The molecule has 1 atom stereocenters. The van der Waals surface area contributed by atoms with Crippen LogP contribution in [0.25, 0.3) is 0 Å². The fourth-order valence-electron chi connectivity index (χ4n) is 1.88. The van der Waals surface area contributed by atoms with Crippen molar-refractivity contribution in [2.45, 2.75) is 25.9 Å². The molecule has 0 saturated heterocycles. The van der Waals surface area contributed by atoms with Crippen molar-refractivity contribution in [2.24, 2.45) is 0 Å². The summed E-state index contributed by atoms with van der Waals surface area (Å²) in [4.78, 5) is 2.06. The quantitative estimate of drug-likeness (QED) is 0.844. The Morgan fingerprint density at radius 1 is 1.33 bits per heavy atom. The highest BCUT2D eigenvalue weighted by Gasteiger charge is 2.19. The average molecular weight is 254 g/mol. The molecule has 0 aliphatic rings. The molecule has 102 valence electrons. The maximum atomic E-state index is 13.4. The summed E-state index contributed by atoms with van der Waals surface area (Å²) < 4.78 is 18.7. The summed E-state index contributed by atoms with van der Waals surface area (Å²) in [5.41, 5.74) is 0.871. The Morgan fingerprint density at radius 3 is 2.50 bits per heavy atom. The van der Waals surface area contributed by atoms with E-state index in [1.165, 1.54) is 6.07 Å². The zero-order valence-electron chi connectivity index (χ0n) is 11.8. The van der Waals surface area contributed by atoms with Crippen LogP contribution in [0.3, 0.4) is 0 Å². The van der Waals surface area contributed by atoms with Gasteiger partial charge in [-0.1, -0.05) is 13.8 Å². The van der Waals surface area contributed by atoms with Crippen molar-refractivity contribution in [3.8, 4) is 5.75 Å². The van der Waals surface area contributed by atoms with Gasteiger partial charge in [-0.2, -0.15) is 0 Å². The molecule has 1 rings (SSSR count). The number of benzene rings is 1. The summed E-state index contributed by atoms with van der Waals surface area (Å²) in [7, 11) is 5.58. The minimum Gasteiger partial charge on any atom is -0.496 e.